The summed E-state index contributed by atoms with van der Waals surface area (Å²) in [5, 5.41) is 0. The number of carbonyl (C=O) groups is 1. The quantitative estimate of drug-likeness (QED) is 0.280. The van der Waals surface area contributed by atoms with E-state index >= 15 is 0 Å². The Morgan fingerprint density at radius 1 is 1.08 bits per heavy atom. The van der Waals surface area contributed by atoms with Crippen molar-refractivity contribution in [2.24, 2.45) is 23.7 Å². The van der Waals surface area contributed by atoms with Crippen LogP contribution in [0, 0.1) is 29.5 Å². The number of carbonyl (C=O) groups excluding carboxylic acids is 1. The maximum atomic E-state index is 14.6. The van der Waals surface area contributed by atoms with E-state index in [1.807, 2.05) is 6.07 Å². The summed E-state index contributed by atoms with van der Waals surface area (Å²) < 4.78 is 20.5. The largest absolute Gasteiger partial charge is 0.493 e. The highest BCUT2D eigenvalue weighted by molar-refractivity contribution is 5.79. The van der Waals surface area contributed by atoms with E-state index in [1.54, 1.807) is 11.0 Å². The molecule has 0 radical (unpaired) electrons. The van der Waals surface area contributed by atoms with E-state index in [1.165, 1.54) is 61.4 Å². The number of rotatable bonds is 11. The first-order valence-corrected chi connectivity index (χ1v) is 15.6. The van der Waals surface area contributed by atoms with Crippen molar-refractivity contribution in [1.82, 2.24) is 9.88 Å². The van der Waals surface area contributed by atoms with Crippen molar-refractivity contribution < 1.29 is 13.9 Å². The molecule has 1 aromatic heterocycles. The average Bonchev–Trinajstić information content (AvgIpc) is 3.71. The van der Waals surface area contributed by atoms with Gasteiger partial charge in [0.1, 0.15) is 11.6 Å². The van der Waals surface area contributed by atoms with E-state index in [4.69, 9.17) is 9.72 Å². The number of likely N-dealkylation sites (tertiary alicyclic amines) is 1. The molecule has 1 aliphatic heterocycles. The highest BCUT2D eigenvalue weighted by Gasteiger charge is 2.43. The first kappa shape index (κ1) is 28.1. The number of ether oxygens (including phenoxy) is 1. The number of hydrogen-bond donors (Lipinski definition) is 0. The monoisotopic (exact) mass is 534 g/mol. The molecule has 1 aromatic carbocycles. The zero-order valence-corrected chi connectivity index (χ0v) is 24.3. The summed E-state index contributed by atoms with van der Waals surface area (Å²) in [4.78, 5) is 18.9. The van der Waals surface area contributed by atoms with Crippen molar-refractivity contribution in [3.63, 3.8) is 0 Å². The van der Waals surface area contributed by atoms with Crippen molar-refractivity contribution in [3.8, 4) is 5.75 Å². The highest BCUT2D eigenvalue weighted by atomic mass is 19.1. The molecular formula is C34H47FN2O2. The van der Waals surface area contributed by atoms with Gasteiger partial charge in [-0.25, -0.2) is 4.39 Å². The standard InChI is InChI=1S/C34H47FN2O2/c1-4-24-18-25(5-2)34(36-22-24)23(3)26-8-6-9-27(11-10-26)31-19-28(31)14-17-39-30-13-12-29(32(35)21-30)20-33(38)37-15-7-16-37/h12-13,18,21-23,26-28,31H,4-11,14-17,19-20H2,1-3H3. The van der Waals surface area contributed by atoms with Crippen molar-refractivity contribution in [2.45, 2.75) is 97.3 Å². The first-order valence-electron chi connectivity index (χ1n) is 15.6. The van der Waals surface area contributed by atoms with Crippen LogP contribution in [0.4, 0.5) is 4.39 Å². The van der Waals surface area contributed by atoms with E-state index in [0.29, 0.717) is 23.8 Å². The van der Waals surface area contributed by atoms with Gasteiger partial charge in [0.15, 0.2) is 0 Å². The minimum atomic E-state index is -0.338. The van der Waals surface area contributed by atoms with Gasteiger partial charge >= 0.3 is 0 Å². The molecule has 4 nitrogen and oxygen atoms in total. The number of pyridine rings is 1. The maximum Gasteiger partial charge on any atom is 0.227 e. The molecule has 0 N–H and O–H groups in total. The van der Waals surface area contributed by atoms with E-state index in [2.05, 4.69) is 33.0 Å². The van der Waals surface area contributed by atoms with Gasteiger partial charge in [-0.15, -0.1) is 0 Å². The third-order valence-corrected chi connectivity index (χ3v) is 9.96. The molecule has 5 unspecified atom stereocenters. The first-order chi connectivity index (χ1) is 19.0. The van der Waals surface area contributed by atoms with E-state index in [-0.39, 0.29) is 18.1 Å². The molecule has 39 heavy (non-hydrogen) atoms. The van der Waals surface area contributed by atoms with Gasteiger partial charge in [-0.3, -0.25) is 9.78 Å². The molecule has 2 aromatic rings. The van der Waals surface area contributed by atoms with Crippen LogP contribution in [0.25, 0.3) is 0 Å². The zero-order chi connectivity index (χ0) is 27.4. The second-order valence-electron chi connectivity index (χ2n) is 12.4. The summed E-state index contributed by atoms with van der Waals surface area (Å²) in [7, 11) is 0. The van der Waals surface area contributed by atoms with Crippen LogP contribution in [0.3, 0.4) is 0 Å². The summed E-state index contributed by atoms with van der Waals surface area (Å²) in [5.74, 6) is 3.95. The normalized spacial score (nSPS) is 25.5. The molecule has 0 bridgehead atoms. The predicted molar refractivity (Wildman–Crippen MR) is 154 cm³/mol. The smallest absolute Gasteiger partial charge is 0.227 e. The van der Waals surface area contributed by atoms with Gasteiger partial charge in [-0.2, -0.15) is 0 Å². The topological polar surface area (TPSA) is 42.4 Å². The van der Waals surface area contributed by atoms with Crippen LogP contribution in [-0.2, 0) is 24.1 Å². The molecule has 1 saturated heterocycles. The van der Waals surface area contributed by atoms with Gasteiger partial charge in [-0.05, 0) is 97.8 Å². The minimum absolute atomic E-state index is 0.0147. The van der Waals surface area contributed by atoms with Crippen LogP contribution >= 0.6 is 0 Å². The molecule has 3 aliphatic rings. The molecule has 212 valence electrons. The summed E-state index contributed by atoms with van der Waals surface area (Å²) in [6, 6.07) is 7.35. The lowest BCUT2D eigenvalue weighted by atomic mass is 9.82. The van der Waals surface area contributed by atoms with E-state index < -0.39 is 0 Å². The Morgan fingerprint density at radius 2 is 1.92 bits per heavy atom. The van der Waals surface area contributed by atoms with Crippen molar-refractivity contribution in [3.05, 3.63) is 58.7 Å². The Hall–Kier alpha value is -2.43. The van der Waals surface area contributed by atoms with Crippen LogP contribution in [0.2, 0.25) is 0 Å². The lowest BCUT2D eigenvalue weighted by molar-refractivity contribution is -0.133. The maximum absolute atomic E-state index is 14.6. The molecule has 2 aliphatic carbocycles. The minimum Gasteiger partial charge on any atom is -0.493 e. The molecular weight excluding hydrogens is 487 g/mol. The summed E-state index contributed by atoms with van der Waals surface area (Å²) in [6.07, 6.45) is 14.4. The summed E-state index contributed by atoms with van der Waals surface area (Å²) in [6.45, 7) is 9.12. The average molecular weight is 535 g/mol. The zero-order valence-electron chi connectivity index (χ0n) is 24.3. The number of nitrogens with zero attached hydrogens (tertiary/aromatic N) is 2. The van der Waals surface area contributed by atoms with Gasteiger partial charge in [0.25, 0.3) is 0 Å². The van der Waals surface area contributed by atoms with Crippen molar-refractivity contribution in [1.29, 1.82) is 0 Å². The lowest BCUT2D eigenvalue weighted by Gasteiger charge is -2.31. The number of benzene rings is 1. The van der Waals surface area contributed by atoms with Gasteiger partial charge < -0.3 is 9.64 Å². The third kappa shape index (κ3) is 6.84. The number of amides is 1. The Bertz CT molecular complexity index is 1130. The van der Waals surface area contributed by atoms with Crippen LogP contribution in [0.1, 0.15) is 100 Å². The van der Waals surface area contributed by atoms with Crippen LogP contribution in [-0.4, -0.2) is 35.5 Å². The second-order valence-corrected chi connectivity index (χ2v) is 12.4. The number of halogens is 1. The fourth-order valence-corrected chi connectivity index (χ4v) is 7.08. The molecule has 0 spiro atoms. The van der Waals surface area contributed by atoms with Crippen molar-refractivity contribution in [2.75, 3.05) is 19.7 Å². The number of aryl methyl sites for hydroxylation is 2. The predicted octanol–water partition coefficient (Wildman–Crippen LogP) is 7.53. The Balaban J connectivity index is 1.05. The Kier molecular flexibility index (Phi) is 9.25. The fraction of sp³-hybridized carbons (Fsp3) is 0.647. The fourth-order valence-electron chi connectivity index (χ4n) is 7.08. The summed E-state index contributed by atoms with van der Waals surface area (Å²) >= 11 is 0. The molecule has 5 atom stereocenters. The third-order valence-electron chi connectivity index (χ3n) is 9.96. The number of aromatic nitrogens is 1. The highest BCUT2D eigenvalue weighted by Crippen LogP contribution is 2.52. The van der Waals surface area contributed by atoms with E-state index in [0.717, 1.165) is 62.4 Å². The van der Waals surface area contributed by atoms with Gasteiger partial charge in [0.05, 0.1) is 13.0 Å². The SMILES string of the molecule is CCc1cnc(C(C)C2CCCC(C3CC3CCOc3ccc(CC(=O)N4CCC4)c(F)c3)CC2)c(CC)c1. The van der Waals surface area contributed by atoms with Crippen LogP contribution < -0.4 is 4.74 Å². The summed E-state index contributed by atoms with van der Waals surface area (Å²) in [5.41, 5.74) is 4.59. The molecule has 5 rings (SSSR count). The Morgan fingerprint density at radius 3 is 2.64 bits per heavy atom. The van der Waals surface area contributed by atoms with Crippen LogP contribution in [0.15, 0.2) is 30.5 Å². The van der Waals surface area contributed by atoms with Gasteiger partial charge in [-0.1, -0.05) is 45.7 Å². The van der Waals surface area contributed by atoms with Crippen molar-refractivity contribution >= 4 is 5.91 Å². The van der Waals surface area contributed by atoms with Gasteiger partial charge in [0.2, 0.25) is 5.91 Å². The van der Waals surface area contributed by atoms with Crippen LogP contribution in [0.5, 0.6) is 5.75 Å². The molecule has 1 amide bonds. The van der Waals surface area contributed by atoms with E-state index in [9.17, 15) is 9.18 Å². The number of hydrogen-bond acceptors (Lipinski definition) is 3. The second kappa shape index (κ2) is 12.8. The molecule has 5 heteroatoms. The Labute approximate surface area is 234 Å². The lowest BCUT2D eigenvalue weighted by Crippen LogP contribution is -2.42. The molecule has 3 fully saturated rings. The van der Waals surface area contributed by atoms with Gasteiger partial charge in [0, 0.05) is 37.0 Å². The molecule has 2 heterocycles. The molecule has 2 saturated carbocycles.